The van der Waals surface area contributed by atoms with Gasteiger partial charge in [-0.25, -0.2) is 4.79 Å². The maximum absolute atomic E-state index is 14.2. The van der Waals surface area contributed by atoms with Crippen LogP contribution in [-0.4, -0.2) is 114 Å². The Morgan fingerprint density at radius 1 is 0.913 bits per heavy atom. The molecular weight excluding hydrogens is 582 g/mol. The Morgan fingerprint density at radius 3 is 2.22 bits per heavy atom. The standard InChI is InChI=1S/C36H57N5O5/c1-25(2)30(39(7)34(44)31(36(3,4)5)37-32(42)27-17-11-12-20-38(27)6)23-40-21-13-18-28(40)33(43)41-22-14-19-29(41)35(45)46-24-26-15-9-8-10-16-26/h8-10,15-16,25,27-31H,11-14,17-24H2,1-7H3,(H,37,42)/t27-,28+,29?,30-,31-/m1/s1. The summed E-state index contributed by atoms with van der Waals surface area (Å²) < 4.78 is 5.63. The molecular formula is C36H57N5O5. The third-order valence-electron chi connectivity index (χ3n) is 10.2. The zero-order valence-electron chi connectivity index (χ0n) is 29.2. The van der Waals surface area contributed by atoms with Gasteiger partial charge in [0, 0.05) is 26.2 Å². The molecule has 1 aromatic carbocycles. The van der Waals surface area contributed by atoms with E-state index in [0.717, 1.165) is 57.2 Å². The number of likely N-dealkylation sites (N-methyl/N-ethyl adjacent to an activating group) is 2. The van der Waals surface area contributed by atoms with Crippen molar-refractivity contribution in [2.45, 2.75) is 116 Å². The number of nitrogens with one attached hydrogen (secondary N) is 1. The highest BCUT2D eigenvalue weighted by Gasteiger charge is 2.44. The van der Waals surface area contributed by atoms with Crippen LogP contribution in [0, 0.1) is 11.3 Å². The number of hydrogen-bond donors (Lipinski definition) is 1. The normalized spacial score (nSPS) is 24.1. The molecule has 1 unspecified atom stereocenters. The minimum atomic E-state index is -0.676. The molecule has 4 rings (SSSR count). The Bertz CT molecular complexity index is 1200. The van der Waals surface area contributed by atoms with E-state index in [-0.39, 0.29) is 54.3 Å². The van der Waals surface area contributed by atoms with Crippen LogP contribution < -0.4 is 5.32 Å². The van der Waals surface area contributed by atoms with Crippen LogP contribution >= 0.6 is 0 Å². The second-order valence-electron chi connectivity index (χ2n) is 15.0. The molecule has 3 aliphatic rings. The molecule has 10 heteroatoms. The summed E-state index contributed by atoms with van der Waals surface area (Å²) in [5, 5.41) is 3.14. The predicted molar refractivity (Wildman–Crippen MR) is 179 cm³/mol. The fourth-order valence-corrected chi connectivity index (χ4v) is 7.30. The van der Waals surface area contributed by atoms with Crippen LogP contribution in [0.4, 0.5) is 0 Å². The fourth-order valence-electron chi connectivity index (χ4n) is 7.30. The monoisotopic (exact) mass is 639 g/mol. The van der Waals surface area contributed by atoms with Crippen molar-refractivity contribution in [1.82, 2.24) is 24.9 Å². The highest BCUT2D eigenvalue weighted by Crippen LogP contribution is 2.29. The summed E-state index contributed by atoms with van der Waals surface area (Å²) in [6.07, 6.45) is 5.86. The Labute approximate surface area is 276 Å². The van der Waals surface area contributed by atoms with Gasteiger partial charge in [-0.3, -0.25) is 24.2 Å². The third kappa shape index (κ3) is 8.68. The maximum atomic E-state index is 14.2. The van der Waals surface area contributed by atoms with Gasteiger partial charge in [0.25, 0.3) is 0 Å². The molecule has 0 saturated carbocycles. The Hall–Kier alpha value is -2.98. The second kappa shape index (κ2) is 15.7. The van der Waals surface area contributed by atoms with Crippen LogP contribution in [0.3, 0.4) is 0 Å². The van der Waals surface area contributed by atoms with Gasteiger partial charge < -0.3 is 19.9 Å². The number of rotatable bonds is 11. The van der Waals surface area contributed by atoms with Crippen LogP contribution in [0.15, 0.2) is 30.3 Å². The van der Waals surface area contributed by atoms with Crippen molar-refractivity contribution in [2.24, 2.45) is 11.3 Å². The molecule has 1 aromatic rings. The van der Waals surface area contributed by atoms with E-state index in [4.69, 9.17) is 4.74 Å². The average molecular weight is 640 g/mol. The van der Waals surface area contributed by atoms with Gasteiger partial charge in [-0.15, -0.1) is 0 Å². The van der Waals surface area contributed by atoms with Gasteiger partial charge in [0.2, 0.25) is 17.7 Å². The van der Waals surface area contributed by atoms with E-state index in [2.05, 4.69) is 29.0 Å². The van der Waals surface area contributed by atoms with Crippen LogP contribution in [-0.2, 0) is 30.5 Å². The van der Waals surface area contributed by atoms with Crippen LogP contribution in [0.1, 0.15) is 85.1 Å². The average Bonchev–Trinajstić information content (AvgIpc) is 3.70. The highest BCUT2D eigenvalue weighted by atomic mass is 16.5. The summed E-state index contributed by atoms with van der Waals surface area (Å²) in [6.45, 7) is 13.1. The third-order valence-corrected chi connectivity index (χ3v) is 10.2. The van der Waals surface area contributed by atoms with Gasteiger partial charge in [0.1, 0.15) is 18.7 Å². The molecule has 10 nitrogen and oxygen atoms in total. The minimum Gasteiger partial charge on any atom is -0.459 e. The molecule has 0 radical (unpaired) electrons. The summed E-state index contributed by atoms with van der Waals surface area (Å²) in [5.41, 5.74) is 0.434. The van der Waals surface area contributed by atoms with Gasteiger partial charge in [-0.1, -0.05) is 71.4 Å². The Balaban J connectivity index is 1.42. The molecule has 3 amide bonds. The molecule has 256 valence electrons. The summed E-state index contributed by atoms with van der Waals surface area (Å²) in [7, 11) is 3.81. The molecule has 1 N–H and O–H groups in total. The summed E-state index contributed by atoms with van der Waals surface area (Å²) >= 11 is 0. The lowest BCUT2D eigenvalue weighted by Gasteiger charge is -2.41. The number of amides is 3. The van der Waals surface area contributed by atoms with Gasteiger partial charge >= 0.3 is 5.97 Å². The van der Waals surface area contributed by atoms with Gasteiger partial charge in [-0.05, 0) is 75.6 Å². The first-order chi connectivity index (χ1) is 21.8. The van der Waals surface area contributed by atoms with Gasteiger partial charge in [-0.2, -0.15) is 0 Å². The van der Waals surface area contributed by atoms with Crippen molar-refractivity contribution >= 4 is 23.7 Å². The molecule has 0 aromatic heterocycles. The first-order valence-electron chi connectivity index (χ1n) is 17.3. The van der Waals surface area contributed by atoms with Crippen LogP contribution in [0.5, 0.6) is 0 Å². The molecule has 0 spiro atoms. The number of nitrogens with zero attached hydrogens (tertiary/aromatic N) is 4. The Morgan fingerprint density at radius 2 is 1.57 bits per heavy atom. The van der Waals surface area contributed by atoms with Crippen molar-refractivity contribution in [3.05, 3.63) is 35.9 Å². The van der Waals surface area contributed by atoms with E-state index in [1.54, 1.807) is 9.80 Å². The van der Waals surface area contributed by atoms with Crippen molar-refractivity contribution in [3.63, 3.8) is 0 Å². The number of hydrogen-bond acceptors (Lipinski definition) is 7. The number of esters is 1. The first kappa shape index (κ1) is 35.9. The van der Waals surface area contributed by atoms with E-state index >= 15 is 0 Å². The van der Waals surface area contributed by atoms with E-state index in [9.17, 15) is 19.2 Å². The van der Waals surface area contributed by atoms with Gasteiger partial charge in [0.05, 0.1) is 12.1 Å². The fraction of sp³-hybridized carbons (Fsp3) is 0.722. The van der Waals surface area contributed by atoms with Crippen molar-refractivity contribution in [2.75, 3.05) is 40.3 Å². The lowest BCUT2D eigenvalue weighted by Crippen LogP contribution is -2.61. The quantitative estimate of drug-likeness (QED) is 0.369. The number of benzene rings is 1. The topological polar surface area (TPSA) is 103 Å². The lowest BCUT2D eigenvalue weighted by molar-refractivity contribution is -0.156. The molecule has 3 saturated heterocycles. The Kier molecular flexibility index (Phi) is 12.3. The summed E-state index contributed by atoms with van der Waals surface area (Å²) in [4.78, 5) is 62.5. The second-order valence-corrected chi connectivity index (χ2v) is 15.0. The minimum absolute atomic E-state index is 0.0235. The molecule has 3 fully saturated rings. The molecule has 3 aliphatic heterocycles. The zero-order chi connectivity index (χ0) is 33.6. The summed E-state index contributed by atoms with van der Waals surface area (Å²) in [5.74, 6) is -0.444. The maximum Gasteiger partial charge on any atom is 0.329 e. The first-order valence-corrected chi connectivity index (χ1v) is 17.3. The smallest absolute Gasteiger partial charge is 0.329 e. The molecule has 5 atom stereocenters. The van der Waals surface area contributed by atoms with E-state index in [1.807, 2.05) is 65.2 Å². The summed E-state index contributed by atoms with van der Waals surface area (Å²) in [6, 6.07) is 7.61. The van der Waals surface area contributed by atoms with Crippen LogP contribution in [0.2, 0.25) is 0 Å². The van der Waals surface area contributed by atoms with Crippen molar-refractivity contribution in [1.29, 1.82) is 0 Å². The van der Waals surface area contributed by atoms with Crippen LogP contribution in [0.25, 0.3) is 0 Å². The number of carbonyl (C=O) groups is 4. The van der Waals surface area contributed by atoms with E-state index in [0.29, 0.717) is 19.5 Å². The van der Waals surface area contributed by atoms with E-state index < -0.39 is 17.5 Å². The number of piperidine rings is 1. The zero-order valence-corrected chi connectivity index (χ0v) is 29.2. The lowest BCUT2D eigenvalue weighted by atomic mass is 9.84. The number of likely N-dealkylation sites (tertiary alicyclic amines) is 3. The van der Waals surface area contributed by atoms with Gasteiger partial charge in [0.15, 0.2) is 0 Å². The molecule has 3 heterocycles. The SMILES string of the molecule is CC(C)[C@@H](CN1CCC[C@H]1C(=O)N1CCCC1C(=O)OCc1ccccc1)N(C)C(=O)[C@@H](NC(=O)[C@H]1CCCCN1C)C(C)(C)C. The molecule has 0 bridgehead atoms. The number of carbonyl (C=O) groups excluding carboxylic acids is 4. The number of ether oxygens (including phenoxy) is 1. The van der Waals surface area contributed by atoms with Crippen molar-refractivity contribution < 1.29 is 23.9 Å². The largest absolute Gasteiger partial charge is 0.459 e. The van der Waals surface area contributed by atoms with E-state index in [1.165, 1.54) is 0 Å². The predicted octanol–water partition coefficient (Wildman–Crippen LogP) is 3.68. The molecule has 0 aliphatic carbocycles. The molecule has 46 heavy (non-hydrogen) atoms. The van der Waals surface area contributed by atoms with Crippen molar-refractivity contribution in [3.8, 4) is 0 Å². The highest BCUT2D eigenvalue weighted by molar-refractivity contribution is 5.91.